The monoisotopic (exact) mass is 1030 g/mol. The van der Waals surface area contributed by atoms with Crippen LogP contribution in [0.3, 0.4) is 0 Å². The summed E-state index contributed by atoms with van der Waals surface area (Å²) in [4.78, 5) is 26.5. The maximum Gasteiger partial charge on any atom is 0.306 e. The van der Waals surface area contributed by atoms with Gasteiger partial charge in [0.1, 0.15) is 24.4 Å². The summed E-state index contributed by atoms with van der Waals surface area (Å²) >= 11 is 0. The van der Waals surface area contributed by atoms with Crippen molar-refractivity contribution in [2.45, 2.75) is 320 Å². The number of amides is 1. The Hall–Kier alpha value is -2.38. The van der Waals surface area contributed by atoms with Crippen LogP contribution < -0.4 is 5.32 Å². The molecule has 0 spiro atoms. The number of carbonyl (C=O) groups is 2. The summed E-state index contributed by atoms with van der Waals surface area (Å²) in [5, 5.41) is 56.9. The lowest BCUT2D eigenvalue weighted by molar-refractivity contribution is -0.305. The van der Waals surface area contributed by atoms with Gasteiger partial charge in [-0.15, -0.1) is 0 Å². The van der Waals surface area contributed by atoms with Gasteiger partial charge in [0.15, 0.2) is 12.4 Å². The lowest BCUT2D eigenvalue weighted by Crippen LogP contribution is -2.61. The van der Waals surface area contributed by atoms with Crippen molar-refractivity contribution in [1.29, 1.82) is 0 Å². The highest BCUT2D eigenvalue weighted by atomic mass is 16.7. The summed E-state index contributed by atoms with van der Waals surface area (Å²) in [5.74, 6) is -1.21. The van der Waals surface area contributed by atoms with Crippen molar-refractivity contribution in [1.82, 2.24) is 5.32 Å². The van der Waals surface area contributed by atoms with E-state index in [1.54, 1.807) is 6.08 Å². The molecule has 73 heavy (non-hydrogen) atoms. The number of unbranched alkanes of at least 4 members (excludes halogenated alkanes) is 32. The summed E-state index contributed by atoms with van der Waals surface area (Å²) in [6.45, 7) is 5.75. The van der Waals surface area contributed by atoms with Gasteiger partial charge in [-0.3, -0.25) is 9.59 Å². The van der Waals surface area contributed by atoms with Gasteiger partial charge in [-0.1, -0.05) is 236 Å². The minimum absolute atomic E-state index is 0.110. The van der Waals surface area contributed by atoms with Crippen molar-refractivity contribution in [2.75, 3.05) is 13.2 Å². The Morgan fingerprint density at radius 1 is 0.534 bits per heavy atom. The molecule has 11 heteroatoms. The molecule has 1 rings (SSSR count). The zero-order valence-corrected chi connectivity index (χ0v) is 47.0. The second-order valence-electron chi connectivity index (χ2n) is 21.1. The Labute approximate surface area is 446 Å². The fourth-order valence-corrected chi connectivity index (χ4v) is 9.34. The number of esters is 1. The normalized spacial score (nSPS) is 19.7. The van der Waals surface area contributed by atoms with Gasteiger partial charge in [-0.05, 0) is 77.0 Å². The number of hydrogen-bond donors (Lipinski definition) is 6. The molecule has 8 atom stereocenters. The van der Waals surface area contributed by atoms with E-state index in [4.69, 9.17) is 14.2 Å². The number of aliphatic hydroxyl groups is 5. The van der Waals surface area contributed by atoms with Crippen LogP contribution in [0.25, 0.3) is 0 Å². The van der Waals surface area contributed by atoms with Crippen molar-refractivity contribution in [3.05, 3.63) is 48.6 Å². The summed E-state index contributed by atoms with van der Waals surface area (Å²) < 4.78 is 17.6. The maximum atomic E-state index is 13.4. The zero-order valence-electron chi connectivity index (χ0n) is 47.0. The quantitative estimate of drug-likeness (QED) is 0.0149. The number of rotatable bonds is 51. The van der Waals surface area contributed by atoms with E-state index in [0.29, 0.717) is 12.8 Å². The van der Waals surface area contributed by atoms with Gasteiger partial charge < -0.3 is 45.1 Å². The number of nitrogens with one attached hydrogen (secondary N) is 1. The van der Waals surface area contributed by atoms with Crippen molar-refractivity contribution >= 4 is 11.9 Å². The fourth-order valence-electron chi connectivity index (χ4n) is 9.34. The van der Waals surface area contributed by atoms with E-state index in [1.165, 1.54) is 128 Å². The largest absolute Gasteiger partial charge is 0.454 e. The molecule has 8 unspecified atom stereocenters. The first-order valence-electron chi connectivity index (χ1n) is 30.4. The molecule has 0 saturated carbocycles. The van der Waals surface area contributed by atoms with E-state index in [2.05, 4.69) is 62.5 Å². The zero-order chi connectivity index (χ0) is 53.3. The van der Waals surface area contributed by atoms with Gasteiger partial charge in [0.2, 0.25) is 5.91 Å². The van der Waals surface area contributed by atoms with Crippen LogP contribution in [0, 0.1) is 0 Å². The van der Waals surface area contributed by atoms with Crippen molar-refractivity contribution in [3.63, 3.8) is 0 Å². The van der Waals surface area contributed by atoms with Crippen molar-refractivity contribution in [3.8, 4) is 0 Å². The fraction of sp³-hybridized carbons (Fsp3) is 0.839. The van der Waals surface area contributed by atoms with E-state index >= 15 is 0 Å². The molecule has 0 radical (unpaired) electrons. The third-order valence-electron chi connectivity index (χ3n) is 14.2. The van der Waals surface area contributed by atoms with Crippen LogP contribution in [0.1, 0.15) is 271 Å². The van der Waals surface area contributed by atoms with Crippen LogP contribution in [0.4, 0.5) is 0 Å². The minimum atomic E-state index is -1.62. The first kappa shape index (κ1) is 68.6. The van der Waals surface area contributed by atoms with Crippen LogP contribution in [-0.2, 0) is 23.8 Å². The number of hydrogen-bond acceptors (Lipinski definition) is 10. The molecule has 1 heterocycles. The molecular weight excluding hydrogens is 919 g/mol. The van der Waals surface area contributed by atoms with Gasteiger partial charge in [-0.2, -0.15) is 0 Å². The van der Waals surface area contributed by atoms with Crippen LogP contribution in [0.2, 0.25) is 0 Å². The maximum absolute atomic E-state index is 13.4. The van der Waals surface area contributed by atoms with E-state index < -0.39 is 67.4 Å². The second kappa shape index (κ2) is 50.4. The molecular formula is C62H113NO10. The highest BCUT2D eigenvalue weighted by Gasteiger charge is 2.47. The van der Waals surface area contributed by atoms with Crippen molar-refractivity contribution < 1.29 is 49.3 Å². The lowest BCUT2D eigenvalue weighted by Gasteiger charge is -2.41. The Bertz CT molecular complexity index is 1370. The van der Waals surface area contributed by atoms with Crippen LogP contribution in [0.15, 0.2) is 48.6 Å². The third-order valence-corrected chi connectivity index (χ3v) is 14.2. The molecule has 1 amide bonds. The molecule has 11 nitrogen and oxygen atoms in total. The topological polar surface area (TPSA) is 175 Å². The van der Waals surface area contributed by atoms with E-state index in [0.717, 1.165) is 96.3 Å². The van der Waals surface area contributed by atoms with Crippen LogP contribution in [0.5, 0.6) is 0 Å². The number of ether oxygens (including phenoxy) is 3. The predicted molar refractivity (Wildman–Crippen MR) is 301 cm³/mol. The molecule has 426 valence electrons. The standard InChI is InChI=1S/C62H113NO10/c1-4-7-10-13-16-19-22-25-27-29-31-34-37-40-43-46-49-55(66)61(70)63-53(54(65)48-45-42-39-36-33-30-24-21-18-15-12-9-6-3)52-71-62-60(59(69)58(68)56(51-64)72-62)73-57(67)50-47-44-41-38-35-32-28-26-23-20-17-14-11-8-5-2/h17,20,23,25-27,45,48,53-56,58-60,62,64-66,68-69H,4-16,18-19,21-22,24,28-44,46-47,49-52H2,1-3H3,(H,63,70)/b20-17+,26-23+,27-25+,48-45+. The van der Waals surface area contributed by atoms with Gasteiger partial charge in [0.05, 0.1) is 25.4 Å². The molecule has 6 N–H and O–H groups in total. The highest BCUT2D eigenvalue weighted by Crippen LogP contribution is 2.26. The van der Waals surface area contributed by atoms with Gasteiger partial charge >= 0.3 is 5.97 Å². The van der Waals surface area contributed by atoms with Crippen molar-refractivity contribution in [2.24, 2.45) is 0 Å². The molecule has 0 bridgehead atoms. The summed E-state index contributed by atoms with van der Waals surface area (Å²) in [7, 11) is 0. The summed E-state index contributed by atoms with van der Waals surface area (Å²) in [6.07, 6.45) is 50.0. The lowest BCUT2D eigenvalue weighted by atomic mass is 9.99. The average Bonchev–Trinajstić information content (AvgIpc) is 3.39. The van der Waals surface area contributed by atoms with E-state index in [1.807, 2.05) is 6.08 Å². The van der Waals surface area contributed by atoms with Gasteiger partial charge in [0.25, 0.3) is 0 Å². The Balaban J connectivity index is 2.72. The van der Waals surface area contributed by atoms with Gasteiger partial charge in [0, 0.05) is 6.42 Å². The van der Waals surface area contributed by atoms with E-state index in [-0.39, 0.29) is 19.4 Å². The van der Waals surface area contributed by atoms with E-state index in [9.17, 15) is 35.1 Å². The molecule has 1 aliphatic heterocycles. The average molecular weight is 1030 g/mol. The molecule has 0 aromatic rings. The second-order valence-corrected chi connectivity index (χ2v) is 21.1. The highest BCUT2D eigenvalue weighted by molar-refractivity contribution is 5.80. The number of carbonyl (C=O) groups excluding carboxylic acids is 2. The molecule has 1 saturated heterocycles. The predicted octanol–water partition coefficient (Wildman–Crippen LogP) is 14.1. The minimum Gasteiger partial charge on any atom is -0.454 e. The third kappa shape index (κ3) is 38.8. The molecule has 0 aromatic heterocycles. The first-order chi connectivity index (χ1) is 35.7. The smallest absolute Gasteiger partial charge is 0.306 e. The SMILES string of the molecule is CCCCC/C=C/C=C/CCCCCCCCC(=O)OC1C(OCC(NC(=O)C(O)CCCCCCCC/C=C/CCCCCCCC)C(O)/C=C/CCCCCCCCCCCCC)OC(CO)C(O)C1O. The summed E-state index contributed by atoms with van der Waals surface area (Å²) in [6, 6.07) is -1.03. The first-order valence-corrected chi connectivity index (χ1v) is 30.4. The molecule has 1 aliphatic rings. The Kier molecular flexibility index (Phi) is 47.4. The van der Waals surface area contributed by atoms with Gasteiger partial charge in [-0.25, -0.2) is 0 Å². The molecule has 1 fully saturated rings. The van der Waals surface area contributed by atoms with Crippen LogP contribution >= 0.6 is 0 Å². The number of aliphatic hydroxyl groups excluding tert-OH is 5. The Morgan fingerprint density at radius 3 is 1.44 bits per heavy atom. The van der Waals surface area contributed by atoms with Crippen LogP contribution in [-0.4, -0.2) is 99.6 Å². The number of allylic oxidation sites excluding steroid dienone is 7. The summed E-state index contributed by atoms with van der Waals surface area (Å²) in [5.41, 5.74) is 0. The molecule has 0 aliphatic carbocycles. The molecule has 0 aromatic carbocycles. The Morgan fingerprint density at radius 2 is 0.945 bits per heavy atom.